The molecule has 2 aliphatic rings. The molecule has 236 valence electrons. The second-order valence-electron chi connectivity index (χ2n) is 12.5. The van der Waals surface area contributed by atoms with Crippen LogP contribution in [0.4, 0.5) is 0 Å². The molecule has 9 heteroatoms. The molecule has 44 heavy (non-hydrogen) atoms. The number of nitrogens with zero attached hydrogens (tertiary/aromatic N) is 1. The second kappa shape index (κ2) is 14.0. The molecule has 2 fully saturated rings. The van der Waals surface area contributed by atoms with Gasteiger partial charge in [0.15, 0.2) is 0 Å². The number of piperidine rings is 1. The van der Waals surface area contributed by atoms with Crippen molar-refractivity contribution in [2.75, 3.05) is 33.9 Å². The van der Waals surface area contributed by atoms with E-state index in [2.05, 4.69) is 30.3 Å². The Bertz CT molecular complexity index is 1490. The third-order valence-electron chi connectivity index (χ3n) is 8.51. The molecule has 0 amide bonds. The average Bonchev–Trinajstić information content (AvgIpc) is 3.26. The Morgan fingerprint density at radius 3 is 2.52 bits per heavy atom. The van der Waals surface area contributed by atoms with E-state index in [-0.39, 0.29) is 12.0 Å². The van der Waals surface area contributed by atoms with E-state index in [1.807, 2.05) is 50.2 Å². The number of carbonyl (C=O) groups is 1. The molecule has 0 radical (unpaired) electrons. The molecule has 0 aliphatic carbocycles. The molecular weight excluding hydrogens is 599 g/mol. The Kier molecular flexibility index (Phi) is 10.3. The summed E-state index contributed by atoms with van der Waals surface area (Å²) in [6.45, 7) is 9.45. The SMILES string of the molecule is COc1cc(OCc2cccc(-c3cccc(OCC4CCCN(C)C4)c3Cl)c2C)c(Cl)cc1CNC1CC(C)(C)OC1=O. The average molecular weight is 642 g/mol. The Morgan fingerprint density at radius 1 is 1.02 bits per heavy atom. The summed E-state index contributed by atoms with van der Waals surface area (Å²) < 4.78 is 23.5. The normalized spacial score (nSPS) is 19.9. The number of likely N-dealkylation sites (tertiary alicyclic amines) is 1. The Morgan fingerprint density at radius 2 is 1.80 bits per heavy atom. The summed E-state index contributed by atoms with van der Waals surface area (Å²) in [4.78, 5) is 14.6. The third kappa shape index (κ3) is 7.63. The fourth-order valence-electron chi connectivity index (χ4n) is 6.10. The number of hydrogen-bond donors (Lipinski definition) is 1. The Hall–Kier alpha value is -2.97. The molecule has 7 nitrogen and oxygen atoms in total. The van der Waals surface area contributed by atoms with Crippen molar-refractivity contribution in [3.63, 3.8) is 0 Å². The molecule has 2 heterocycles. The van der Waals surface area contributed by atoms with Gasteiger partial charge < -0.3 is 29.2 Å². The lowest BCUT2D eigenvalue weighted by molar-refractivity contribution is -0.147. The molecular formula is C35H42Cl2N2O5. The molecule has 5 rings (SSSR count). The van der Waals surface area contributed by atoms with Crippen molar-refractivity contribution in [2.24, 2.45) is 5.92 Å². The minimum absolute atomic E-state index is 0.245. The fourth-order valence-corrected chi connectivity index (χ4v) is 6.62. The monoisotopic (exact) mass is 640 g/mol. The lowest BCUT2D eigenvalue weighted by Gasteiger charge is -2.29. The Labute approximate surface area is 270 Å². The summed E-state index contributed by atoms with van der Waals surface area (Å²) >= 11 is 13.6. The molecule has 3 aromatic rings. The number of benzene rings is 3. The molecule has 0 spiro atoms. The van der Waals surface area contributed by atoms with E-state index < -0.39 is 5.60 Å². The maximum absolute atomic E-state index is 12.2. The van der Waals surface area contributed by atoms with Gasteiger partial charge >= 0.3 is 5.97 Å². The molecule has 0 bridgehead atoms. The number of nitrogens with one attached hydrogen (secondary N) is 1. The number of cyclic esters (lactones) is 1. The fraction of sp³-hybridized carbons (Fsp3) is 0.457. The van der Waals surface area contributed by atoms with E-state index in [4.69, 9.17) is 42.1 Å². The van der Waals surface area contributed by atoms with Gasteiger partial charge in [-0.25, -0.2) is 0 Å². The summed E-state index contributed by atoms with van der Waals surface area (Å²) in [6, 6.07) is 15.3. The van der Waals surface area contributed by atoms with E-state index in [1.54, 1.807) is 13.2 Å². The zero-order valence-corrected chi connectivity index (χ0v) is 27.7. The van der Waals surface area contributed by atoms with Crippen molar-refractivity contribution >= 4 is 29.2 Å². The quantitative estimate of drug-likeness (QED) is 0.218. The van der Waals surface area contributed by atoms with E-state index in [9.17, 15) is 4.79 Å². The number of methoxy groups -OCH3 is 1. The standard InChI is InChI=1S/C35H42Cl2N2O5/c1-22-24(10-6-11-26(22)27-12-7-13-30(33(27)37)42-20-23-9-8-14-39(4)19-23)21-43-32-16-31(41-5)25(15-28(32)36)18-38-29-17-35(2,3)44-34(29)40/h6-7,10-13,15-16,23,29,38H,8-9,14,17-21H2,1-5H3. The van der Waals surface area contributed by atoms with Crippen LogP contribution in [0.25, 0.3) is 11.1 Å². The van der Waals surface area contributed by atoms with Gasteiger partial charge in [0.2, 0.25) is 0 Å². The van der Waals surface area contributed by atoms with Crippen LogP contribution in [0.2, 0.25) is 10.0 Å². The lowest BCUT2D eigenvalue weighted by Crippen LogP contribution is -2.34. The molecule has 1 N–H and O–H groups in total. The number of esters is 1. The van der Waals surface area contributed by atoms with E-state index in [0.717, 1.165) is 40.9 Å². The minimum atomic E-state index is -0.475. The molecule has 2 unspecified atom stereocenters. The van der Waals surface area contributed by atoms with Crippen LogP contribution in [-0.2, 0) is 22.7 Å². The maximum atomic E-state index is 12.2. The highest BCUT2D eigenvalue weighted by Gasteiger charge is 2.39. The van der Waals surface area contributed by atoms with Crippen LogP contribution in [-0.4, -0.2) is 56.4 Å². The lowest BCUT2D eigenvalue weighted by atomic mass is 9.96. The zero-order valence-electron chi connectivity index (χ0n) is 26.2. The first-order valence-electron chi connectivity index (χ1n) is 15.2. The number of carbonyl (C=O) groups excluding carboxylic acids is 1. The van der Waals surface area contributed by atoms with Crippen LogP contribution in [0.15, 0.2) is 48.5 Å². The summed E-state index contributed by atoms with van der Waals surface area (Å²) in [5.74, 6) is 2.10. The van der Waals surface area contributed by atoms with Gasteiger partial charge in [0.25, 0.3) is 0 Å². The predicted octanol–water partition coefficient (Wildman–Crippen LogP) is 7.46. The number of ether oxygens (including phenoxy) is 4. The van der Waals surface area contributed by atoms with Crippen molar-refractivity contribution in [3.05, 3.63) is 75.3 Å². The van der Waals surface area contributed by atoms with Crippen LogP contribution < -0.4 is 19.5 Å². The Balaban J connectivity index is 1.27. The predicted molar refractivity (Wildman–Crippen MR) is 175 cm³/mol. The summed E-state index contributed by atoms with van der Waals surface area (Å²) in [6.07, 6.45) is 2.97. The number of rotatable bonds is 11. The largest absolute Gasteiger partial charge is 0.496 e. The van der Waals surface area contributed by atoms with E-state index >= 15 is 0 Å². The third-order valence-corrected chi connectivity index (χ3v) is 9.20. The van der Waals surface area contributed by atoms with Crippen molar-refractivity contribution in [3.8, 4) is 28.4 Å². The highest BCUT2D eigenvalue weighted by Crippen LogP contribution is 2.39. The minimum Gasteiger partial charge on any atom is -0.496 e. The smallest absolute Gasteiger partial charge is 0.323 e. The highest BCUT2D eigenvalue weighted by atomic mass is 35.5. The first kappa shape index (κ1) is 32.4. The topological polar surface area (TPSA) is 69.3 Å². The van der Waals surface area contributed by atoms with Gasteiger partial charge in [0.1, 0.15) is 35.5 Å². The van der Waals surface area contributed by atoms with Crippen LogP contribution in [0.3, 0.4) is 0 Å². The summed E-state index contributed by atoms with van der Waals surface area (Å²) in [5, 5.41) is 4.35. The first-order chi connectivity index (χ1) is 21.0. The van der Waals surface area contributed by atoms with Gasteiger partial charge in [-0.3, -0.25) is 4.79 Å². The molecule has 0 aromatic heterocycles. The molecule has 3 aromatic carbocycles. The van der Waals surface area contributed by atoms with Crippen molar-refractivity contribution in [1.29, 1.82) is 0 Å². The maximum Gasteiger partial charge on any atom is 0.323 e. The highest BCUT2D eigenvalue weighted by molar-refractivity contribution is 6.35. The molecule has 0 saturated carbocycles. The van der Waals surface area contributed by atoms with Gasteiger partial charge in [0, 0.05) is 42.6 Å². The van der Waals surface area contributed by atoms with Gasteiger partial charge in [-0.15, -0.1) is 0 Å². The van der Waals surface area contributed by atoms with E-state index in [0.29, 0.717) is 59.4 Å². The molecule has 2 saturated heterocycles. The summed E-state index contributed by atoms with van der Waals surface area (Å²) in [5.41, 5.74) is 4.38. The zero-order chi connectivity index (χ0) is 31.4. The second-order valence-corrected chi connectivity index (χ2v) is 13.3. The van der Waals surface area contributed by atoms with Crippen LogP contribution in [0.5, 0.6) is 17.2 Å². The van der Waals surface area contributed by atoms with Gasteiger partial charge in [0.05, 0.1) is 23.8 Å². The first-order valence-corrected chi connectivity index (χ1v) is 15.9. The number of hydrogen-bond acceptors (Lipinski definition) is 7. The van der Waals surface area contributed by atoms with Crippen molar-refractivity contribution < 1.29 is 23.7 Å². The van der Waals surface area contributed by atoms with Crippen LogP contribution >= 0.6 is 23.2 Å². The molecule has 2 atom stereocenters. The van der Waals surface area contributed by atoms with Gasteiger partial charge in [-0.1, -0.05) is 53.5 Å². The van der Waals surface area contributed by atoms with Gasteiger partial charge in [-0.05, 0) is 76.0 Å². The van der Waals surface area contributed by atoms with Crippen LogP contribution in [0.1, 0.15) is 49.8 Å². The van der Waals surface area contributed by atoms with Crippen LogP contribution in [0, 0.1) is 12.8 Å². The molecule has 2 aliphatic heterocycles. The van der Waals surface area contributed by atoms with Crippen molar-refractivity contribution in [1.82, 2.24) is 10.2 Å². The number of halogens is 2. The van der Waals surface area contributed by atoms with Crippen molar-refractivity contribution in [2.45, 2.75) is 64.8 Å². The van der Waals surface area contributed by atoms with Gasteiger partial charge in [-0.2, -0.15) is 0 Å². The summed E-state index contributed by atoms with van der Waals surface area (Å²) in [7, 11) is 3.77. The van der Waals surface area contributed by atoms with E-state index in [1.165, 1.54) is 12.8 Å².